The fraction of sp³-hybridized carbons (Fsp3) is 0.588. The molecule has 1 aliphatic heterocycles. The van der Waals surface area contributed by atoms with Crippen molar-refractivity contribution in [1.29, 1.82) is 0 Å². The lowest BCUT2D eigenvalue weighted by atomic mass is 10.0. The summed E-state index contributed by atoms with van der Waals surface area (Å²) in [5, 5.41) is 21.0. The molecule has 132 valence electrons. The van der Waals surface area contributed by atoms with E-state index >= 15 is 0 Å². The van der Waals surface area contributed by atoms with Crippen molar-refractivity contribution >= 4 is 17.3 Å². The van der Waals surface area contributed by atoms with Crippen molar-refractivity contribution in [2.24, 2.45) is 0 Å². The number of amides is 1. The summed E-state index contributed by atoms with van der Waals surface area (Å²) in [4.78, 5) is 26.9. The second kappa shape index (κ2) is 7.17. The van der Waals surface area contributed by atoms with E-state index in [-0.39, 0.29) is 18.1 Å². The maximum atomic E-state index is 12.8. The summed E-state index contributed by atoms with van der Waals surface area (Å²) < 4.78 is 0. The van der Waals surface area contributed by atoms with Gasteiger partial charge >= 0.3 is 0 Å². The molecule has 1 saturated heterocycles. The normalized spacial score (nSPS) is 15.2. The number of hydrogen-bond donors (Lipinski definition) is 1. The third kappa shape index (κ3) is 4.44. The highest BCUT2D eigenvalue weighted by atomic mass is 16.6. The number of nitro benzene ring substituents is 1. The topological polar surface area (TPSA) is 86.9 Å². The molecule has 1 fully saturated rings. The summed E-state index contributed by atoms with van der Waals surface area (Å²) in [5.41, 5.74) is -0.0855. The molecule has 0 saturated carbocycles. The molecule has 0 bridgehead atoms. The van der Waals surface area contributed by atoms with E-state index in [0.717, 1.165) is 38.0 Å². The first-order chi connectivity index (χ1) is 11.2. The predicted molar refractivity (Wildman–Crippen MR) is 92.4 cm³/mol. The number of nitrogens with zero attached hydrogens (tertiary/aromatic N) is 3. The Morgan fingerprint density at radius 3 is 2.50 bits per heavy atom. The smallest absolute Gasteiger partial charge is 0.270 e. The maximum absolute atomic E-state index is 12.8. The van der Waals surface area contributed by atoms with Crippen LogP contribution in [0.5, 0.6) is 0 Å². The molecule has 7 nitrogen and oxygen atoms in total. The molecule has 1 aromatic carbocycles. The molecule has 0 aromatic heterocycles. The van der Waals surface area contributed by atoms with Crippen molar-refractivity contribution in [1.82, 2.24) is 4.90 Å². The summed E-state index contributed by atoms with van der Waals surface area (Å²) in [6, 6.07) is 4.44. The zero-order valence-corrected chi connectivity index (χ0v) is 14.5. The Kier molecular flexibility index (Phi) is 5.43. The average molecular weight is 335 g/mol. The van der Waals surface area contributed by atoms with Crippen LogP contribution in [-0.4, -0.2) is 53.1 Å². The number of non-ortho nitro benzene ring substituents is 1. The number of carbonyl (C=O) groups is 1. The largest absolute Gasteiger partial charge is 0.389 e. The van der Waals surface area contributed by atoms with E-state index in [1.165, 1.54) is 17.0 Å². The number of carbonyl (C=O) groups excluding carboxylic acids is 1. The van der Waals surface area contributed by atoms with Crippen molar-refractivity contribution in [3.63, 3.8) is 0 Å². The van der Waals surface area contributed by atoms with Gasteiger partial charge < -0.3 is 14.9 Å². The van der Waals surface area contributed by atoms with Gasteiger partial charge in [0.25, 0.3) is 11.6 Å². The monoisotopic (exact) mass is 335 g/mol. The molecule has 7 heteroatoms. The minimum atomic E-state index is -1.03. The summed E-state index contributed by atoms with van der Waals surface area (Å²) in [6.45, 7) is 5.07. The van der Waals surface area contributed by atoms with Gasteiger partial charge in [-0.25, -0.2) is 0 Å². The molecule has 1 aromatic rings. The van der Waals surface area contributed by atoms with Crippen LogP contribution in [0, 0.1) is 10.1 Å². The lowest BCUT2D eigenvalue weighted by Gasteiger charge is -2.32. The summed E-state index contributed by atoms with van der Waals surface area (Å²) in [6.07, 6.45) is 3.25. The van der Waals surface area contributed by atoms with Crippen molar-refractivity contribution in [3.8, 4) is 0 Å². The summed E-state index contributed by atoms with van der Waals surface area (Å²) in [7, 11) is 1.60. The van der Waals surface area contributed by atoms with Crippen molar-refractivity contribution in [2.75, 3.05) is 31.6 Å². The van der Waals surface area contributed by atoms with Crippen LogP contribution < -0.4 is 4.90 Å². The second-order valence-electron chi connectivity index (χ2n) is 6.98. The van der Waals surface area contributed by atoms with Gasteiger partial charge in [-0.05, 0) is 39.2 Å². The minimum absolute atomic E-state index is 0.101. The van der Waals surface area contributed by atoms with Crippen LogP contribution in [0.2, 0.25) is 0 Å². The van der Waals surface area contributed by atoms with E-state index in [9.17, 15) is 20.0 Å². The molecule has 0 radical (unpaired) electrons. The third-order valence-corrected chi connectivity index (χ3v) is 4.09. The van der Waals surface area contributed by atoms with Crippen molar-refractivity contribution in [3.05, 3.63) is 33.9 Å². The predicted octanol–water partition coefficient (Wildman–Crippen LogP) is 2.43. The lowest BCUT2D eigenvalue weighted by Crippen LogP contribution is -2.40. The van der Waals surface area contributed by atoms with E-state index in [2.05, 4.69) is 4.90 Å². The van der Waals surface area contributed by atoms with Crippen LogP contribution in [0.25, 0.3) is 0 Å². The van der Waals surface area contributed by atoms with Crippen molar-refractivity contribution < 1.29 is 14.8 Å². The molecule has 2 rings (SSSR count). The van der Waals surface area contributed by atoms with Gasteiger partial charge in [0.1, 0.15) is 0 Å². The first-order valence-electron chi connectivity index (χ1n) is 8.20. The third-order valence-electron chi connectivity index (χ3n) is 4.09. The fourth-order valence-corrected chi connectivity index (χ4v) is 3.08. The van der Waals surface area contributed by atoms with Crippen molar-refractivity contribution in [2.45, 2.75) is 38.7 Å². The highest BCUT2D eigenvalue weighted by molar-refractivity contribution is 6.00. The van der Waals surface area contributed by atoms with Gasteiger partial charge in [0, 0.05) is 38.8 Å². The lowest BCUT2D eigenvalue weighted by molar-refractivity contribution is -0.384. The second-order valence-corrected chi connectivity index (χ2v) is 6.98. The Labute approximate surface area is 142 Å². The number of aliphatic hydroxyl groups is 1. The Bertz CT molecular complexity index is 619. The highest BCUT2D eigenvalue weighted by Crippen LogP contribution is 2.29. The van der Waals surface area contributed by atoms with Crippen LogP contribution in [0.15, 0.2) is 18.2 Å². The van der Waals surface area contributed by atoms with Crippen LogP contribution in [-0.2, 0) is 0 Å². The number of rotatable bonds is 5. The number of nitro groups is 1. The van der Waals surface area contributed by atoms with Crippen LogP contribution in [0.4, 0.5) is 11.4 Å². The SMILES string of the molecule is CN(CC(C)(C)O)C(=O)c1cc([N+](=O)[O-])ccc1N1CCCCC1. The molecule has 24 heavy (non-hydrogen) atoms. The van der Waals surface area contributed by atoms with Crippen LogP contribution in [0.1, 0.15) is 43.5 Å². The first kappa shape index (κ1) is 18.2. The molecular weight excluding hydrogens is 310 g/mol. The molecule has 1 aliphatic rings. The van der Waals surface area contributed by atoms with E-state index < -0.39 is 10.5 Å². The minimum Gasteiger partial charge on any atom is -0.389 e. The van der Waals surface area contributed by atoms with Gasteiger partial charge in [-0.15, -0.1) is 0 Å². The Hall–Kier alpha value is -2.15. The molecule has 0 aliphatic carbocycles. The quantitative estimate of drug-likeness (QED) is 0.659. The van der Waals surface area contributed by atoms with Gasteiger partial charge in [-0.3, -0.25) is 14.9 Å². The molecule has 0 spiro atoms. The van der Waals surface area contributed by atoms with Gasteiger partial charge in [0.15, 0.2) is 0 Å². The zero-order valence-electron chi connectivity index (χ0n) is 14.5. The fourth-order valence-electron chi connectivity index (χ4n) is 3.08. The molecule has 1 heterocycles. The summed E-state index contributed by atoms with van der Waals surface area (Å²) in [5.74, 6) is -0.318. The highest BCUT2D eigenvalue weighted by Gasteiger charge is 2.26. The van der Waals surface area contributed by atoms with E-state index in [4.69, 9.17) is 0 Å². The molecular formula is C17H25N3O4. The van der Waals surface area contributed by atoms with E-state index in [0.29, 0.717) is 5.56 Å². The molecule has 0 atom stereocenters. The Balaban J connectivity index is 2.38. The Morgan fingerprint density at radius 2 is 1.96 bits per heavy atom. The number of piperidine rings is 1. The molecule has 1 N–H and O–H groups in total. The first-order valence-corrected chi connectivity index (χ1v) is 8.20. The molecule has 0 unspecified atom stereocenters. The van der Waals surface area contributed by atoms with Gasteiger partial charge in [-0.1, -0.05) is 0 Å². The average Bonchev–Trinajstić information content (AvgIpc) is 2.52. The van der Waals surface area contributed by atoms with E-state index in [1.54, 1.807) is 27.0 Å². The van der Waals surface area contributed by atoms with Gasteiger partial charge in [0.05, 0.1) is 21.8 Å². The van der Waals surface area contributed by atoms with Gasteiger partial charge in [-0.2, -0.15) is 0 Å². The Morgan fingerprint density at radius 1 is 1.33 bits per heavy atom. The van der Waals surface area contributed by atoms with E-state index in [1.807, 2.05) is 0 Å². The van der Waals surface area contributed by atoms with Crippen LogP contribution >= 0.6 is 0 Å². The van der Waals surface area contributed by atoms with Gasteiger partial charge in [0.2, 0.25) is 0 Å². The van der Waals surface area contributed by atoms with Crippen LogP contribution in [0.3, 0.4) is 0 Å². The maximum Gasteiger partial charge on any atom is 0.270 e. The zero-order chi connectivity index (χ0) is 17.9. The molecule has 1 amide bonds. The number of anilines is 1. The number of likely N-dealkylation sites (N-methyl/N-ethyl adjacent to an activating group) is 1. The number of benzene rings is 1. The summed E-state index contributed by atoms with van der Waals surface area (Å²) >= 11 is 0. The number of hydrogen-bond acceptors (Lipinski definition) is 5. The standard InChI is InChI=1S/C17H25N3O4/c1-17(2,22)12-18(3)16(21)14-11-13(20(23)24)7-8-15(14)19-9-5-4-6-10-19/h7-8,11,22H,4-6,9-10,12H2,1-3H3.